The van der Waals surface area contributed by atoms with Gasteiger partial charge < -0.3 is 20.1 Å². The van der Waals surface area contributed by atoms with Gasteiger partial charge in [0.15, 0.2) is 10.9 Å². The van der Waals surface area contributed by atoms with E-state index in [9.17, 15) is 0 Å². The summed E-state index contributed by atoms with van der Waals surface area (Å²) in [6.07, 6.45) is 1.85. The molecule has 146 valence electrons. The van der Waals surface area contributed by atoms with E-state index in [1.54, 1.807) is 37.1 Å². The van der Waals surface area contributed by atoms with Gasteiger partial charge in [0.25, 0.3) is 0 Å². The van der Waals surface area contributed by atoms with Gasteiger partial charge in [-0.2, -0.15) is 5.10 Å². The molecule has 0 radical (unpaired) electrons. The van der Waals surface area contributed by atoms with Crippen LogP contribution in [0.25, 0.3) is 0 Å². The van der Waals surface area contributed by atoms with E-state index in [4.69, 9.17) is 44.9 Å². The van der Waals surface area contributed by atoms with Gasteiger partial charge >= 0.3 is 0 Å². The van der Waals surface area contributed by atoms with E-state index in [0.717, 1.165) is 5.56 Å². The number of hydrogen-bond donors (Lipinski definition) is 2. The van der Waals surface area contributed by atoms with Gasteiger partial charge in [-0.3, -0.25) is 4.68 Å². The molecule has 0 atom stereocenters. The fourth-order valence-electron chi connectivity index (χ4n) is 2.52. The van der Waals surface area contributed by atoms with Crippen LogP contribution in [0.5, 0.6) is 11.5 Å². The smallest absolute Gasteiger partial charge is 0.176 e. The summed E-state index contributed by atoms with van der Waals surface area (Å²) in [6, 6.07) is 12.7. The van der Waals surface area contributed by atoms with Gasteiger partial charge in [0, 0.05) is 18.3 Å². The van der Waals surface area contributed by atoms with E-state index in [-0.39, 0.29) is 0 Å². The number of methoxy groups -OCH3 is 2. The number of nitrogens with zero attached hydrogens (tertiary/aromatic N) is 2. The lowest BCUT2D eigenvalue weighted by Gasteiger charge is -2.13. The number of ether oxygens (including phenoxy) is 2. The number of thiocarbonyl (C=S) groups is 1. The molecule has 0 spiro atoms. The summed E-state index contributed by atoms with van der Waals surface area (Å²) < 4.78 is 12.4. The highest BCUT2D eigenvalue weighted by Crippen LogP contribution is 2.29. The monoisotopic (exact) mass is 436 g/mol. The molecule has 28 heavy (non-hydrogen) atoms. The Bertz CT molecular complexity index is 994. The maximum atomic E-state index is 6.06. The molecule has 2 aromatic carbocycles. The predicted octanol–water partition coefficient (Wildman–Crippen LogP) is 5.06. The molecule has 0 amide bonds. The molecule has 0 aliphatic heterocycles. The van der Waals surface area contributed by atoms with Crippen LogP contribution in [0.3, 0.4) is 0 Å². The average Bonchev–Trinajstić information content (AvgIpc) is 3.11. The van der Waals surface area contributed by atoms with E-state index >= 15 is 0 Å². The minimum Gasteiger partial charge on any atom is -0.497 e. The molecule has 2 N–H and O–H groups in total. The largest absolute Gasteiger partial charge is 0.497 e. The van der Waals surface area contributed by atoms with Gasteiger partial charge in [0.1, 0.15) is 11.5 Å². The zero-order chi connectivity index (χ0) is 20.1. The molecule has 9 heteroatoms. The third kappa shape index (κ3) is 5.07. The molecule has 0 bridgehead atoms. The van der Waals surface area contributed by atoms with Gasteiger partial charge in [0.2, 0.25) is 0 Å². The van der Waals surface area contributed by atoms with Gasteiger partial charge in [-0.05, 0) is 42.0 Å². The Morgan fingerprint density at radius 1 is 1.04 bits per heavy atom. The first-order valence-electron chi connectivity index (χ1n) is 8.26. The van der Waals surface area contributed by atoms with Crippen LogP contribution >= 0.6 is 35.4 Å². The van der Waals surface area contributed by atoms with Crippen LogP contribution in [0.2, 0.25) is 10.0 Å². The van der Waals surface area contributed by atoms with Crippen LogP contribution in [0.4, 0.5) is 11.5 Å². The second-order valence-corrected chi connectivity index (χ2v) is 7.02. The van der Waals surface area contributed by atoms with Crippen LogP contribution in [-0.4, -0.2) is 29.1 Å². The van der Waals surface area contributed by atoms with Crippen molar-refractivity contribution in [1.29, 1.82) is 0 Å². The van der Waals surface area contributed by atoms with Crippen molar-refractivity contribution in [1.82, 2.24) is 9.78 Å². The molecule has 0 aliphatic carbocycles. The van der Waals surface area contributed by atoms with Crippen LogP contribution in [-0.2, 0) is 6.54 Å². The number of anilines is 2. The number of nitrogens with one attached hydrogen (secondary N) is 2. The lowest BCUT2D eigenvalue weighted by Crippen LogP contribution is -2.20. The molecular weight excluding hydrogens is 419 g/mol. The SMILES string of the molecule is COc1ccc(OC)c(NC(=S)Nc2ccn(Cc3ccc(Cl)c(Cl)c3)n2)c1. The molecule has 0 unspecified atom stereocenters. The second-order valence-electron chi connectivity index (χ2n) is 5.79. The van der Waals surface area contributed by atoms with E-state index in [1.807, 2.05) is 30.5 Å². The molecule has 3 aromatic rings. The summed E-state index contributed by atoms with van der Waals surface area (Å²) in [4.78, 5) is 0. The number of benzene rings is 2. The minimum atomic E-state index is 0.381. The maximum absolute atomic E-state index is 6.06. The summed E-state index contributed by atoms with van der Waals surface area (Å²) in [6.45, 7) is 0.558. The molecular formula is C19H18Cl2N4O2S. The van der Waals surface area contributed by atoms with Crippen molar-refractivity contribution in [3.63, 3.8) is 0 Å². The summed E-state index contributed by atoms with van der Waals surface area (Å²) in [5.74, 6) is 1.95. The van der Waals surface area contributed by atoms with Gasteiger partial charge in [-0.15, -0.1) is 0 Å². The van der Waals surface area contributed by atoms with Crippen molar-refractivity contribution >= 4 is 52.0 Å². The van der Waals surface area contributed by atoms with Crippen LogP contribution in [0.15, 0.2) is 48.7 Å². The fraction of sp³-hybridized carbons (Fsp3) is 0.158. The van der Waals surface area contributed by atoms with E-state index in [2.05, 4.69) is 15.7 Å². The van der Waals surface area contributed by atoms with E-state index < -0.39 is 0 Å². The third-order valence-corrected chi connectivity index (χ3v) is 4.81. The lowest BCUT2D eigenvalue weighted by molar-refractivity contribution is 0.405. The number of aromatic nitrogens is 2. The first-order chi connectivity index (χ1) is 13.5. The standard InChI is InChI=1S/C19H18Cl2N4O2S/c1-26-13-4-6-17(27-2)16(10-13)22-19(28)23-18-7-8-25(24-18)11-12-3-5-14(20)15(21)9-12/h3-10H,11H2,1-2H3,(H2,22,23,24,28). The van der Waals surface area contributed by atoms with Crippen molar-refractivity contribution < 1.29 is 9.47 Å². The Balaban J connectivity index is 1.65. The molecule has 0 saturated heterocycles. The Hall–Kier alpha value is -2.48. The van der Waals surface area contributed by atoms with E-state index in [0.29, 0.717) is 44.7 Å². The van der Waals surface area contributed by atoms with Gasteiger partial charge in [-0.25, -0.2) is 0 Å². The number of rotatable bonds is 6. The summed E-state index contributed by atoms with van der Waals surface area (Å²) >= 11 is 17.4. The maximum Gasteiger partial charge on any atom is 0.176 e. The molecule has 1 aromatic heterocycles. The minimum absolute atomic E-state index is 0.381. The Morgan fingerprint density at radius 2 is 1.86 bits per heavy atom. The molecule has 0 saturated carbocycles. The highest BCUT2D eigenvalue weighted by Gasteiger charge is 2.09. The normalized spacial score (nSPS) is 10.4. The molecule has 1 heterocycles. The zero-order valence-electron chi connectivity index (χ0n) is 15.2. The Morgan fingerprint density at radius 3 is 2.57 bits per heavy atom. The zero-order valence-corrected chi connectivity index (χ0v) is 17.5. The predicted molar refractivity (Wildman–Crippen MR) is 117 cm³/mol. The van der Waals surface area contributed by atoms with Crippen LogP contribution in [0.1, 0.15) is 5.56 Å². The highest BCUT2D eigenvalue weighted by molar-refractivity contribution is 7.80. The first-order valence-corrected chi connectivity index (χ1v) is 9.42. The summed E-state index contributed by atoms with van der Waals surface area (Å²) in [5.41, 5.74) is 1.68. The highest BCUT2D eigenvalue weighted by atomic mass is 35.5. The van der Waals surface area contributed by atoms with Crippen molar-refractivity contribution in [2.75, 3.05) is 24.9 Å². The van der Waals surface area contributed by atoms with Crippen molar-refractivity contribution in [3.8, 4) is 11.5 Å². The first kappa shape index (κ1) is 20.3. The number of halogens is 2. The number of hydrogen-bond acceptors (Lipinski definition) is 4. The topological polar surface area (TPSA) is 60.3 Å². The van der Waals surface area contributed by atoms with Crippen molar-refractivity contribution in [3.05, 3.63) is 64.3 Å². The quantitative estimate of drug-likeness (QED) is 0.526. The summed E-state index contributed by atoms with van der Waals surface area (Å²) in [7, 11) is 3.19. The van der Waals surface area contributed by atoms with E-state index in [1.165, 1.54) is 0 Å². The van der Waals surface area contributed by atoms with Crippen LogP contribution < -0.4 is 20.1 Å². The Labute approximate surface area is 178 Å². The fourth-order valence-corrected chi connectivity index (χ4v) is 3.06. The second kappa shape index (κ2) is 9.14. The summed E-state index contributed by atoms with van der Waals surface area (Å²) in [5, 5.41) is 12.0. The molecule has 0 fully saturated rings. The van der Waals surface area contributed by atoms with Crippen molar-refractivity contribution in [2.45, 2.75) is 6.54 Å². The van der Waals surface area contributed by atoms with Crippen LogP contribution in [0, 0.1) is 0 Å². The average molecular weight is 437 g/mol. The molecule has 6 nitrogen and oxygen atoms in total. The Kier molecular flexibility index (Phi) is 6.61. The molecule has 0 aliphatic rings. The lowest BCUT2D eigenvalue weighted by atomic mass is 10.2. The van der Waals surface area contributed by atoms with Gasteiger partial charge in [-0.1, -0.05) is 29.3 Å². The van der Waals surface area contributed by atoms with Gasteiger partial charge in [0.05, 0.1) is 36.5 Å². The molecule has 3 rings (SSSR count). The third-order valence-electron chi connectivity index (χ3n) is 3.87. The van der Waals surface area contributed by atoms with Crippen molar-refractivity contribution in [2.24, 2.45) is 0 Å².